The Kier molecular flexibility index (Phi) is 2.82. The Labute approximate surface area is 94.0 Å². The molecule has 3 heteroatoms. The molecule has 0 spiro atoms. The number of nitrogens with zero attached hydrogens (tertiary/aromatic N) is 2. The minimum Gasteiger partial charge on any atom is -0.258 e. The highest BCUT2D eigenvalue weighted by atomic mass is 32.1. The number of hydrogen-bond donors (Lipinski definition) is 0. The smallest absolute Gasteiger partial charge is 0.123 e. The van der Waals surface area contributed by atoms with Gasteiger partial charge in [0.2, 0.25) is 0 Å². The van der Waals surface area contributed by atoms with Crippen molar-refractivity contribution >= 4 is 11.3 Å². The van der Waals surface area contributed by atoms with E-state index in [-0.39, 0.29) is 0 Å². The van der Waals surface area contributed by atoms with Crippen molar-refractivity contribution in [3.63, 3.8) is 0 Å². The maximum atomic E-state index is 4.57. The molecule has 0 aliphatic heterocycles. The van der Waals surface area contributed by atoms with E-state index < -0.39 is 0 Å². The van der Waals surface area contributed by atoms with Gasteiger partial charge in [-0.15, -0.1) is 11.3 Å². The summed E-state index contributed by atoms with van der Waals surface area (Å²) in [6.07, 6.45) is 1.000. The molecule has 15 heavy (non-hydrogen) atoms. The first-order valence-corrected chi connectivity index (χ1v) is 5.97. The summed E-state index contributed by atoms with van der Waals surface area (Å²) in [5.41, 5.74) is 4.46. The molecule has 0 amide bonds. The Hall–Kier alpha value is -1.22. The molecule has 0 saturated carbocycles. The molecule has 0 bridgehead atoms. The summed E-state index contributed by atoms with van der Waals surface area (Å²) in [5, 5.41) is 3.22. The average molecular weight is 218 g/mol. The maximum Gasteiger partial charge on any atom is 0.123 e. The van der Waals surface area contributed by atoms with Crippen molar-refractivity contribution in [2.45, 2.75) is 27.2 Å². The molecular weight excluding hydrogens is 204 g/mol. The Balaban J connectivity index is 2.44. The van der Waals surface area contributed by atoms with Crippen molar-refractivity contribution in [3.8, 4) is 10.6 Å². The lowest BCUT2D eigenvalue weighted by molar-refractivity contribution is 1.06. The molecule has 0 radical (unpaired) electrons. The molecule has 2 aromatic heterocycles. The van der Waals surface area contributed by atoms with Gasteiger partial charge in [0, 0.05) is 22.3 Å². The fourth-order valence-electron chi connectivity index (χ4n) is 1.56. The molecule has 0 saturated heterocycles. The zero-order valence-electron chi connectivity index (χ0n) is 9.24. The standard InChI is InChI=1S/C12H14N2S/c1-4-11-7-15-12(14-11)10-5-8(2)13-9(3)6-10/h5-7H,4H2,1-3H3. The number of aromatic nitrogens is 2. The monoisotopic (exact) mass is 218 g/mol. The number of rotatable bonds is 2. The van der Waals surface area contributed by atoms with E-state index in [1.54, 1.807) is 11.3 Å². The van der Waals surface area contributed by atoms with Crippen LogP contribution < -0.4 is 0 Å². The summed E-state index contributed by atoms with van der Waals surface area (Å²) >= 11 is 1.71. The highest BCUT2D eigenvalue weighted by molar-refractivity contribution is 7.13. The van der Waals surface area contributed by atoms with Gasteiger partial charge in [-0.25, -0.2) is 4.98 Å². The van der Waals surface area contributed by atoms with E-state index in [2.05, 4.69) is 34.4 Å². The van der Waals surface area contributed by atoms with E-state index in [0.717, 1.165) is 22.8 Å². The molecule has 0 fully saturated rings. The van der Waals surface area contributed by atoms with E-state index in [0.29, 0.717) is 0 Å². The topological polar surface area (TPSA) is 25.8 Å². The van der Waals surface area contributed by atoms with Gasteiger partial charge in [0.1, 0.15) is 5.01 Å². The van der Waals surface area contributed by atoms with Crippen LogP contribution in [0.2, 0.25) is 0 Å². The first-order chi connectivity index (χ1) is 7.19. The SMILES string of the molecule is CCc1csc(-c2cc(C)nc(C)c2)n1. The summed E-state index contributed by atoms with van der Waals surface area (Å²) in [7, 11) is 0. The van der Waals surface area contributed by atoms with E-state index in [1.807, 2.05) is 13.8 Å². The second-order valence-corrected chi connectivity index (χ2v) is 4.49. The van der Waals surface area contributed by atoms with E-state index in [4.69, 9.17) is 0 Å². The van der Waals surface area contributed by atoms with Crippen LogP contribution >= 0.6 is 11.3 Å². The van der Waals surface area contributed by atoms with E-state index >= 15 is 0 Å². The quantitative estimate of drug-likeness (QED) is 0.772. The van der Waals surface area contributed by atoms with Crippen molar-refractivity contribution in [3.05, 3.63) is 34.6 Å². The molecule has 0 unspecified atom stereocenters. The molecular formula is C12H14N2S. The molecule has 0 aliphatic rings. The Morgan fingerprint density at radius 3 is 2.33 bits per heavy atom. The van der Waals surface area contributed by atoms with E-state index in [1.165, 1.54) is 11.3 Å². The number of hydrogen-bond acceptors (Lipinski definition) is 3. The summed E-state index contributed by atoms with van der Waals surface area (Å²) in [5.74, 6) is 0. The molecule has 2 heterocycles. The highest BCUT2D eigenvalue weighted by Gasteiger charge is 2.05. The zero-order chi connectivity index (χ0) is 10.8. The Bertz CT molecular complexity index is 454. The van der Waals surface area contributed by atoms with E-state index in [9.17, 15) is 0 Å². The first kappa shape index (κ1) is 10.3. The van der Waals surface area contributed by atoms with Gasteiger partial charge < -0.3 is 0 Å². The van der Waals surface area contributed by atoms with Crippen LogP contribution in [0, 0.1) is 13.8 Å². The molecule has 2 rings (SSSR count). The van der Waals surface area contributed by atoms with Crippen LogP contribution in [0.1, 0.15) is 24.0 Å². The third-order valence-corrected chi connectivity index (χ3v) is 3.18. The van der Waals surface area contributed by atoms with Gasteiger partial charge in [0.25, 0.3) is 0 Å². The highest BCUT2D eigenvalue weighted by Crippen LogP contribution is 2.24. The molecule has 2 aromatic rings. The van der Waals surface area contributed by atoms with Crippen molar-refractivity contribution in [1.29, 1.82) is 0 Å². The van der Waals surface area contributed by atoms with Crippen molar-refractivity contribution < 1.29 is 0 Å². The summed E-state index contributed by atoms with van der Waals surface area (Å²) < 4.78 is 0. The van der Waals surface area contributed by atoms with Gasteiger partial charge in [-0.3, -0.25) is 4.98 Å². The summed E-state index contributed by atoms with van der Waals surface area (Å²) in [6, 6.07) is 4.18. The van der Waals surface area contributed by atoms with Crippen LogP contribution in [-0.2, 0) is 6.42 Å². The predicted molar refractivity (Wildman–Crippen MR) is 64.2 cm³/mol. The molecule has 0 aromatic carbocycles. The minimum atomic E-state index is 1.000. The third kappa shape index (κ3) is 2.23. The van der Waals surface area contributed by atoms with Gasteiger partial charge >= 0.3 is 0 Å². The van der Waals surface area contributed by atoms with Crippen molar-refractivity contribution in [1.82, 2.24) is 9.97 Å². The number of thiazole rings is 1. The summed E-state index contributed by atoms with van der Waals surface area (Å²) in [4.78, 5) is 8.94. The van der Waals surface area contributed by atoms with Gasteiger partial charge in [0.15, 0.2) is 0 Å². The zero-order valence-corrected chi connectivity index (χ0v) is 10.1. The van der Waals surface area contributed by atoms with Crippen molar-refractivity contribution in [2.24, 2.45) is 0 Å². The molecule has 0 aliphatic carbocycles. The number of aryl methyl sites for hydroxylation is 3. The van der Waals surface area contributed by atoms with Gasteiger partial charge in [0.05, 0.1) is 5.69 Å². The average Bonchev–Trinajstić information content (AvgIpc) is 2.64. The van der Waals surface area contributed by atoms with Crippen LogP contribution in [0.15, 0.2) is 17.5 Å². The van der Waals surface area contributed by atoms with Crippen LogP contribution in [0.3, 0.4) is 0 Å². The fraction of sp³-hybridized carbons (Fsp3) is 0.333. The molecule has 2 nitrogen and oxygen atoms in total. The normalized spacial score (nSPS) is 10.6. The van der Waals surface area contributed by atoms with Gasteiger partial charge in [-0.2, -0.15) is 0 Å². The second kappa shape index (κ2) is 4.11. The van der Waals surface area contributed by atoms with Crippen LogP contribution in [-0.4, -0.2) is 9.97 Å². The molecule has 0 N–H and O–H groups in total. The fourth-order valence-corrected chi connectivity index (χ4v) is 2.45. The first-order valence-electron chi connectivity index (χ1n) is 5.09. The molecule has 78 valence electrons. The minimum absolute atomic E-state index is 1.000. The van der Waals surface area contributed by atoms with Crippen molar-refractivity contribution in [2.75, 3.05) is 0 Å². The lowest BCUT2D eigenvalue weighted by Gasteiger charge is -2.00. The van der Waals surface area contributed by atoms with Crippen LogP contribution in [0.25, 0.3) is 10.6 Å². The predicted octanol–water partition coefficient (Wildman–Crippen LogP) is 3.38. The summed E-state index contributed by atoms with van der Waals surface area (Å²) in [6.45, 7) is 6.16. The third-order valence-electron chi connectivity index (χ3n) is 2.24. The Morgan fingerprint density at radius 2 is 1.80 bits per heavy atom. The molecule has 0 atom stereocenters. The van der Waals surface area contributed by atoms with Gasteiger partial charge in [-0.05, 0) is 32.4 Å². The Morgan fingerprint density at radius 1 is 1.13 bits per heavy atom. The maximum absolute atomic E-state index is 4.57. The van der Waals surface area contributed by atoms with Crippen LogP contribution in [0.5, 0.6) is 0 Å². The largest absolute Gasteiger partial charge is 0.258 e. The lowest BCUT2D eigenvalue weighted by atomic mass is 10.2. The van der Waals surface area contributed by atoms with Gasteiger partial charge in [-0.1, -0.05) is 6.92 Å². The van der Waals surface area contributed by atoms with Crippen LogP contribution in [0.4, 0.5) is 0 Å². The second-order valence-electron chi connectivity index (χ2n) is 3.64. The lowest BCUT2D eigenvalue weighted by Crippen LogP contribution is -1.88. The number of pyridine rings is 1.